The van der Waals surface area contributed by atoms with E-state index in [0.717, 1.165) is 24.8 Å². The van der Waals surface area contributed by atoms with Gasteiger partial charge in [-0.05, 0) is 37.8 Å². The molecule has 0 aromatic carbocycles. The van der Waals surface area contributed by atoms with Gasteiger partial charge >= 0.3 is 0 Å². The number of aliphatic hydroxyl groups excluding tert-OH is 1. The third kappa shape index (κ3) is 5.33. The van der Waals surface area contributed by atoms with Gasteiger partial charge in [0, 0.05) is 13.3 Å². The van der Waals surface area contributed by atoms with Crippen LogP contribution in [-0.4, -0.2) is 17.9 Å². The van der Waals surface area contributed by atoms with Crippen LogP contribution < -0.4 is 0 Å². The Hall–Kier alpha value is -1.15. The summed E-state index contributed by atoms with van der Waals surface area (Å²) < 4.78 is 0. The van der Waals surface area contributed by atoms with Crippen LogP contribution >= 0.6 is 0 Å². The van der Waals surface area contributed by atoms with E-state index in [-0.39, 0.29) is 0 Å². The average Bonchev–Trinajstić information content (AvgIpc) is 2.19. The normalized spacial score (nSPS) is 22.1. The molecule has 0 spiro atoms. The highest BCUT2D eigenvalue weighted by Crippen LogP contribution is 2.19. The number of hydrogen-bond donors (Lipinski definition) is 1. The van der Waals surface area contributed by atoms with Crippen LogP contribution in [0, 0.1) is 5.92 Å². The Morgan fingerprint density at radius 1 is 1.53 bits per heavy atom. The zero-order valence-electron chi connectivity index (χ0n) is 10.1. The van der Waals surface area contributed by atoms with E-state index in [2.05, 4.69) is 30.6 Å². The van der Waals surface area contributed by atoms with Crippen LogP contribution in [0.5, 0.6) is 0 Å². The Morgan fingerprint density at radius 3 is 2.60 bits per heavy atom. The van der Waals surface area contributed by atoms with Gasteiger partial charge in [-0.15, -0.1) is 0 Å². The summed E-state index contributed by atoms with van der Waals surface area (Å²) in [6.45, 7) is 10.3. The molecule has 84 valence electrons. The van der Waals surface area contributed by atoms with E-state index in [1.807, 2.05) is 20.0 Å². The molecule has 15 heavy (non-hydrogen) atoms. The van der Waals surface area contributed by atoms with E-state index in [1.165, 1.54) is 5.57 Å². The molecule has 0 heterocycles. The Balaban J connectivity index is 0.000000921. The molecule has 0 aliphatic heterocycles. The minimum absolute atomic E-state index is 0.609. The SMILES string of the molecule is C=C1CC(C)C=CC1=NC=C(C)C.CO. The van der Waals surface area contributed by atoms with Crippen molar-refractivity contribution in [3.8, 4) is 0 Å². The third-order valence-electron chi connectivity index (χ3n) is 1.98. The maximum absolute atomic E-state index is 7.00. The number of aliphatic hydroxyl groups is 1. The fraction of sp³-hybridized carbons (Fsp3) is 0.462. The third-order valence-corrected chi connectivity index (χ3v) is 1.98. The molecule has 1 aliphatic carbocycles. The largest absolute Gasteiger partial charge is 0.400 e. The van der Waals surface area contributed by atoms with Crippen molar-refractivity contribution in [1.82, 2.24) is 0 Å². The van der Waals surface area contributed by atoms with Crippen molar-refractivity contribution in [3.05, 3.63) is 36.1 Å². The molecule has 1 atom stereocenters. The lowest BCUT2D eigenvalue weighted by atomic mass is 9.92. The van der Waals surface area contributed by atoms with E-state index in [0.29, 0.717) is 5.92 Å². The summed E-state index contributed by atoms with van der Waals surface area (Å²) in [5.41, 5.74) is 3.39. The van der Waals surface area contributed by atoms with Gasteiger partial charge in [-0.1, -0.05) is 25.2 Å². The summed E-state index contributed by atoms with van der Waals surface area (Å²) in [6, 6.07) is 0. The van der Waals surface area contributed by atoms with Crippen LogP contribution in [0.1, 0.15) is 27.2 Å². The van der Waals surface area contributed by atoms with Gasteiger partial charge in [0.1, 0.15) is 0 Å². The predicted molar refractivity (Wildman–Crippen MR) is 67.1 cm³/mol. The summed E-state index contributed by atoms with van der Waals surface area (Å²) in [4.78, 5) is 4.37. The molecule has 2 heteroatoms. The first kappa shape index (κ1) is 13.8. The first-order chi connectivity index (χ1) is 7.09. The van der Waals surface area contributed by atoms with Crippen LogP contribution in [0.15, 0.2) is 41.1 Å². The maximum Gasteiger partial charge on any atom is 0.0652 e. The molecule has 1 N–H and O–H groups in total. The van der Waals surface area contributed by atoms with Crippen molar-refractivity contribution in [2.24, 2.45) is 10.9 Å². The number of hydrogen-bond acceptors (Lipinski definition) is 2. The molecule has 0 aromatic heterocycles. The van der Waals surface area contributed by atoms with E-state index in [1.54, 1.807) is 0 Å². The average molecular weight is 207 g/mol. The second kappa shape index (κ2) is 7.18. The molecular formula is C13H21NO. The molecule has 0 bridgehead atoms. The second-order valence-corrected chi connectivity index (χ2v) is 3.86. The molecule has 0 aromatic rings. The Morgan fingerprint density at radius 2 is 2.13 bits per heavy atom. The summed E-state index contributed by atoms with van der Waals surface area (Å²) in [7, 11) is 1.00. The topological polar surface area (TPSA) is 32.6 Å². The lowest BCUT2D eigenvalue weighted by molar-refractivity contribution is 0.399. The van der Waals surface area contributed by atoms with Crippen molar-refractivity contribution < 1.29 is 5.11 Å². The Bertz CT molecular complexity index is 294. The number of nitrogens with zero attached hydrogens (tertiary/aromatic N) is 1. The van der Waals surface area contributed by atoms with Gasteiger partial charge in [0.25, 0.3) is 0 Å². The molecule has 2 nitrogen and oxygen atoms in total. The minimum Gasteiger partial charge on any atom is -0.400 e. The van der Waals surface area contributed by atoms with Gasteiger partial charge in [0.2, 0.25) is 0 Å². The van der Waals surface area contributed by atoms with Gasteiger partial charge in [-0.3, -0.25) is 4.99 Å². The second-order valence-electron chi connectivity index (χ2n) is 3.86. The van der Waals surface area contributed by atoms with E-state index in [4.69, 9.17) is 5.11 Å². The summed E-state index contributed by atoms with van der Waals surface area (Å²) in [5.74, 6) is 0.609. The molecule has 0 saturated heterocycles. The van der Waals surface area contributed by atoms with E-state index < -0.39 is 0 Å². The lowest BCUT2D eigenvalue weighted by Crippen LogP contribution is -2.07. The highest BCUT2D eigenvalue weighted by molar-refractivity contribution is 6.09. The molecule has 1 rings (SSSR count). The minimum atomic E-state index is 0.609. The highest BCUT2D eigenvalue weighted by atomic mass is 16.2. The van der Waals surface area contributed by atoms with Crippen molar-refractivity contribution in [2.45, 2.75) is 27.2 Å². The monoisotopic (exact) mass is 207 g/mol. The maximum atomic E-state index is 7.00. The van der Waals surface area contributed by atoms with Crippen molar-refractivity contribution in [1.29, 1.82) is 0 Å². The summed E-state index contributed by atoms with van der Waals surface area (Å²) in [5, 5.41) is 7.00. The zero-order chi connectivity index (χ0) is 11.8. The molecule has 0 amide bonds. The van der Waals surface area contributed by atoms with Crippen molar-refractivity contribution in [3.63, 3.8) is 0 Å². The van der Waals surface area contributed by atoms with Crippen LogP contribution in [0.3, 0.4) is 0 Å². The standard InChI is InChI=1S/C12H17N.CH4O/c1-9(2)8-13-12-6-5-10(3)7-11(12)4;1-2/h5-6,8,10H,4,7H2,1-3H3;2H,1H3. The Kier molecular flexibility index (Phi) is 6.63. The smallest absolute Gasteiger partial charge is 0.0652 e. The van der Waals surface area contributed by atoms with Crippen molar-refractivity contribution in [2.75, 3.05) is 7.11 Å². The quantitative estimate of drug-likeness (QED) is 0.704. The highest BCUT2D eigenvalue weighted by Gasteiger charge is 2.10. The molecular weight excluding hydrogens is 186 g/mol. The lowest BCUT2D eigenvalue weighted by Gasteiger charge is -2.14. The first-order valence-electron chi connectivity index (χ1n) is 5.12. The number of aliphatic imine (C=N–C) groups is 1. The summed E-state index contributed by atoms with van der Waals surface area (Å²) in [6.07, 6.45) is 7.18. The van der Waals surface area contributed by atoms with E-state index >= 15 is 0 Å². The van der Waals surface area contributed by atoms with Gasteiger partial charge in [0.05, 0.1) is 5.71 Å². The van der Waals surface area contributed by atoms with Crippen molar-refractivity contribution >= 4 is 5.71 Å². The van der Waals surface area contributed by atoms with Crippen LogP contribution in [0.25, 0.3) is 0 Å². The van der Waals surface area contributed by atoms with Gasteiger partial charge in [-0.2, -0.15) is 0 Å². The van der Waals surface area contributed by atoms with Gasteiger partial charge in [0.15, 0.2) is 0 Å². The molecule has 1 aliphatic rings. The first-order valence-corrected chi connectivity index (χ1v) is 5.12. The van der Waals surface area contributed by atoms with Crippen LogP contribution in [0.4, 0.5) is 0 Å². The van der Waals surface area contributed by atoms with Gasteiger partial charge < -0.3 is 5.11 Å². The number of allylic oxidation sites excluding steroid dienone is 4. The number of rotatable bonds is 1. The zero-order valence-corrected chi connectivity index (χ0v) is 10.1. The van der Waals surface area contributed by atoms with Crippen LogP contribution in [0.2, 0.25) is 0 Å². The Labute approximate surface area is 92.7 Å². The van der Waals surface area contributed by atoms with Crippen LogP contribution in [-0.2, 0) is 0 Å². The van der Waals surface area contributed by atoms with Gasteiger partial charge in [-0.25, -0.2) is 0 Å². The fourth-order valence-electron chi connectivity index (χ4n) is 1.27. The molecule has 1 unspecified atom stereocenters. The van der Waals surface area contributed by atoms with E-state index in [9.17, 15) is 0 Å². The molecule has 0 saturated carbocycles. The molecule has 0 fully saturated rings. The predicted octanol–water partition coefficient (Wildman–Crippen LogP) is 3.11. The summed E-state index contributed by atoms with van der Waals surface area (Å²) >= 11 is 0. The molecule has 0 radical (unpaired) electrons. The fourth-order valence-corrected chi connectivity index (χ4v) is 1.27.